The van der Waals surface area contributed by atoms with Crippen molar-refractivity contribution < 1.29 is 23.3 Å². The molecule has 0 radical (unpaired) electrons. The first-order valence-electron chi connectivity index (χ1n) is 9.47. The summed E-state index contributed by atoms with van der Waals surface area (Å²) in [6, 6.07) is 34.3. The molecule has 0 aliphatic carbocycles. The molecular weight excluding hydrogens is 351 g/mol. The number of benzene rings is 3. The summed E-state index contributed by atoms with van der Waals surface area (Å²) in [5.74, 6) is 0.979. The van der Waals surface area contributed by atoms with Crippen LogP contribution >= 0.6 is 0 Å². The van der Waals surface area contributed by atoms with Crippen LogP contribution in [0.2, 0.25) is 5.04 Å². The smallest absolute Gasteiger partial charge is 0.580 e. The molecule has 0 aliphatic rings. The summed E-state index contributed by atoms with van der Waals surface area (Å²) in [6.45, 7) is 6.93. The molecule has 0 N–H and O–H groups in total. The van der Waals surface area contributed by atoms with Gasteiger partial charge in [0.15, 0.2) is 0 Å². The van der Waals surface area contributed by atoms with Crippen molar-refractivity contribution in [1.29, 1.82) is 0 Å². The Kier molecular flexibility index (Phi) is 5.96. The molecule has 0 aromatic heterocycles. The molecule has 0 fully saturated rings. The average molecular weight is 377 g/mol. The number of fused-ring (bicyclic) bond motifs is 1. The van der Waals surface area contributed by atoms with Crippen LogP contribution in [0.4, 0.5) is 0 Å². The van der Waals surface area contributed by atoms with Crippen LogP contribution in [0, 0.1) is 0 Å². The Balaban J connectivity index is 0.00000225. The Labute approximate surface area is 181 Å². The first-order valence-corrected chi connectivity index (χ1v) is 11.4. The van der Waals surface area contributed by atoms with E-state index in [0.29, 0.717) is 0 Å². The van der Waals surface area contributed by atoms with E-state index in [4.69, 9.17) is 4.43 Å². The molecule has 0 atom stereocenters. The molecule has 28 heavy (non-hydrogen) atoms. The van der Waals surface area contributed by atoms with Gasteiger partial charge in [0.2, 0.25) is 0 Å². The van der Waals surface area contributed by atoms with Gasteiger partial charge in [-0.15, -0.1) is 22.9 Å². The van der Waals surface area contributed by atoms with Gasteiger partial charge in [0, 0.05) is 5.75 Å². The molecule has 4 aromatic carbocycles. The van der Waals surface area contributed by atoms with Gasteiger partial charge in [-0.2, -0.15) is 12.1 Å². The van der Waals surface area contributed by atoms with Gasteiger partial charge in [-0.3, -0.25) is 0 Å². The quantitative estimate of drug-likeness (QED) is 0.393. The number of hydrogen-bond donors (Lipinski definition) is 0. The topological polar surface area (TPSA) is 9.23 Å². The fourth-order valence-corrected chi connectivity index (χ4v) is 8.47. The van der Waals surface area contributed by atoms with Crippen molar-refractivity contribution in [1.82, 2.24) is 0 Å². The van der Waals surface area contributed by atoms with Crippen molar-refractivity contribution >= 4 is 29.5 Å². The Morgan fingerprint density at radius 3 is 1.82 bits per heavy atom. The van der Waals surface area contributed by atoms with E-state index in [1.165, 1.54) is 21.1 Å². The summed E-state index contributed by atoms with van der Waals surface area (Å²) >= 11 is 0. The van der Waals surface area contributed by atoms with Crippen molar-refractivity contribution in [2.45, 2.75) is 25.8 Å². The van der Waals surface area contributed by atoms with Gasteiger partial charge in [-0.1, -0.05) is 93.6 Å². The number of rotatable bonds is 4. The molecule has 0 spiro atoms. The van der Waals surface area contributed by atoms with Crippen LogP contribution in [0.25, 0.3) is 10.8 Å². The van der Waals surface area contributed by atoms with Gasteiger partial charge in [0.1, 0.15) is 0 Å². The predicted molar refractivity (Wildman–Crippen MR) is 118 cm³/mol. The minimum absolute atomic E-state index is 0. The predicted octanol–water partition coefficient (Wildman–Crippen LogP) is 2.50. The summed E-state index contributed by atoms with van der Waals surface area (Å²) < 4.78 is 7.15. The third kappa shape index (κ3) is 3.49. The maximum absolute atomic E-state index is 7.15. The Morgan fingerprint density at radius 2 is 1.29 bits per heavy atom. The summed E-state index contributed by atoms with van der Waals surface area (Å²) in [5.41, 5.74) is 0. The van der Waals surface area contributed by atoms with Gasteiger partial charge in [-0.05, 0) is 15.4 Å². The third-order valence-corrected chi connectivity index (χ3v) is 10.2. The Hall–Kier alpha value is -2.12. The van der Waals surface area contributed by atoms with Crippen molar-refractivity contribution in [3.8, 4) is 5.75 Å². The first kappa shape index (κ1) is 20.6. The van der Waals surface area contributed by atoms with Gasteiger partial charge < -0.3 is 4.43 Å². The molecule has 0 saturated carbocycles. The van der Waals surface area contributed by atoms with E-state index in [1.54, 1.807) is 0 Å². The van der Waals surface area contributed by atoms with E-state index in [2.05, 4.69) is 118 Å². The van der Waals surface area contributed by atoms with Crippen molar-refractivity contribution in [2.75, 3.05) is 0 Å². The molecular formula is C25H25LiOSi. The molecule has 136 valence electrons. The second-order valence-corrected chi connectivity index (χ2v) is 12.3. The standard InChI is InChI=1S/C25H25OSi.Li/c1-25(2,3)27(21-14-6-4-7-15-21,22-16-8-5-9-17-22)26-24-19-11-13-20-12-10-18-23(20)24;/h4-19H,1-3H3;/q-1;+1. The van der Waals surface area contributed by atoms with Crippen molar-refractivity contribution in [3.63, 3.8) is 0 Å². The van der Waals surface area contributed by atoms with E-state index in [9.17, 15) is 0 Å². The molecule has 0 heterocycles. The number of hydrogen-bond acceptors (Lipinski definition) is 1. The maximum Gasteiger partial charge on any atom is 1.00 e. The van der Waals surface area contributed by atoms with Crippen molar-refractivity contribution in [2.24, 2.45) is 0 Å². The van der Waals surface area contributed by atoms with E-state index in [-0.39, 0.29) is 23.9 Å². The second-order valence-electron chi connectivity index (χ2n) is 8.05. The Morgan fingerprint density at radius 1 is 0.714 bits per heavy atom. The minimum Gasteiger partial charge on any atom is -0.580 e. The molecule has 0 saturated heterocycles. The molecule has 0 amide bonds. The van der Waals surface area contributed by atoms with E-state index >= 15 is 0 Å². The molecule has 1 nitrogen and oxygen atoms in total. The van der Waals surface area contributed by atoms with Crippen LogP contribution in [0.5, 0.6) is 5.75 Å². The van der Waals surface area contributed by atoms with Crippen LogP contribution in [0.3, 0.4) is 0 Å². The fourth-order valence-electron chi connectivity index (χ4n) is 4.04. The summed E-state index contributed by atoms with van der Waals surface area (Å²) in [5, 5.41) is 4.97. The average Bonchev–Trinajstić information content (AvgIpc) is 3.16. The largest absolute Gasteiger partial charge is 1.00 e. The summed E-state index contributed by atoms with van der Waals surface area (Å²) in [7, 11) is -2.58. The van der Waals surface area contributed by atoms with Crippen LogP contribution in [-0.2, 0) is 0 Å². The molecule has 3 heteroatoms. The van der Waals surface area contributed by atoms with Crippen LogP contribution < -0.4 is 33.7 Å². The van der Waals surface area contributed by atoms with E-state index < -0.39 is 8.32 Å². The zero-order valence-electron chi connectivity index (χ0n) is 17.1. The summed E-state index contributed by atoms with van der Waals surface area (Å²) in [4.78, 5) is 0. The maximum atomic E-state index is 7.15. The zero-order chi connectivity index (χ0) is 18.9. The summed E-state index contributed by atoms with van der Waals surface area (Å²) in [6.07, 6.45) is 0. The van der Waals surface area contributed by atoms with Crippen LogP contribution in [-0.4, -0.2) is 8.32 Å². The van der Waals surface area contributed by atoms with E-state index in [0.717, 1.165) is 5.75 Å². The molecule has 4 rings (SSSR count). The van der Waals surface area contributed by atoms with Gasteiger partial charge in [0.25, 0.3) is 0 Å². The minimum atomic E-state index is -2.58. The van der Waals surface area contributed by atoms with E-state index in [1.807, 2.05) is 0 Å². The van der Waals surface area contributed by atoms with Crippen molar-refractivity contribution in [3.05, 3.63) is 97.1 Å². The Bertz CT molecular complexity index is 993. The van der Waals surface area contributed by atoms with Gasteiger partial charge in [-0.25, -0.2) is 0 Å². The zero-order valence-corrected chi connectivity index (χ0v) is 18.1. The second kappa shape index (κ2) is 8.09. The molecule has 4 aromatic rings. The first-order chi connectivity index (χ1) is 13.0. The molecule has 0 aliphatic heterocycles. The van der Waals surface area contributed by atoms with Gasteiger partial charge >= 0.3 is 27.2 Å². The van der Waals surface area contributed by atoms with Crippen LogP contribution in [0.1, 0.15) is 20.8 Å². The fraction of sp³-hybridized carbons (Fsp3) is 0.160. The SMILES string of the molecule is CC(C)(C)[Si](Oc1cccc2cc[cH-]c12)(c1ccccc1)c1ccccc1.[Li+]. The molecule has 0 bridgehead atoms. The molecule has 0 unspecified atom stereocenters. The monoisotopic (exact) mass is 376 g/mol. The third-order valence-electron chi connectivity index (χ3n) is 5.32. The van der Waals surface area contributed by atoms with Crippen LogP contribution in [0.15, 0.2) is 97.1 Å². The van der Waals surface area contributed by atoms with Gasteiger partial charge in [0.05, 0.1) is 0 Å². The normalized spacial score (nSPS) is 11.8.